The Labute approximate surface area is 105 Å². The SMILES string of the molecule is NCc1cc(F)c(F)c(S(=O)(=O)NCC(F)(F)F)c1. The summed E-state index contributed by atoms with van der Waals surface area (Å²) < 4.78 is 86.2. The predicted molar refractivity (Wildman–Crippen MR) is 55.5 cm³/mol. The van der Waals surface area contributed by atoms with Gasteiger partial charge in [0.05, 0.1) is 0 Å². The summed E-state index contributed by atoms with van der Waals surface area (Å²) in [6.45, 7) is -2.18. The molecule has 1 aromatic carbocycles. The fourth-order valence-electron chi connectivity index (χ4n) is 1.19. The molecule has 0 saturated carbocycles. The molecule has 4 nitrogen and oxygen atoms in total. The molecule has 0 radical (unpaired) electrons. The molecule has 0 atom stereocenters. The number of nitrogens with two attached hydrogens (primary N) is 1. The van der Waals surface area contributed by atoms with Crippen LogP contribution >= 0.6 is 0 Å². The summed E-state index contributed by atoms with van der Waals surface area (Å²) in [6.07, 6.45) is -4.81. The van der Waals surface area contributed by atoms with Crippen LogP contribution in [0.15, 0.2) is 17.0 Å². The fourth-order valence-corrected chi connectivity index (χ4v) is 2.33. The zero-order chi connectivity index (χ0) is 14.8. The summed E-state index contributed by atoms with van der Waals surface area (Å²) >= 11 is 0. The second kappa shape index (κ2) is 5.39. The van der Waals surface area contributed by atoms with E-state index in [9.17, 15) is 30.4 Å². The van der Waals surface area contributed by atoms with E-state index < -0.39 is 39.3 Å². The van der Waals surface area contributed by atoms with Crippen molar-refractivity contribution in [3.63, 3.8) is 0 Å². The van der Waals surface area contributed by atoms with Crippen molar-refractivity contribution in [3.8, 4) is 0 Å². The Bertz CT molecular complexity index is 571. The molecule has 0 heterocycles. The molecule has 1 aromatic rings. The number of halogens is 5. The molecule has 0 aliphatic heterocycles. The van der Waals surface area contributed by atoms with Crippen LogP contribution in [0.3, 0.4) is 0 Å². The molecule has 10 heteroatoms. The van der Waals surface area contributed by atoms with E-state index in [4.69, 9.17) is 5.73 Å². The minimum atomic E-state index is -4.82. The molecular formula is C9H9F5N2O2S. The molecule has 0 aliphatic carbocycles. The van der Waals surface area contributed by atoms with Crippen LogP contribution in [-0.2, 0) is 16.6 Å². The molecule has 0 spiro atoms. The van der Waals surface area contributed by atoms with Crippen LogP contribution in [-0.4, -0.2) is 21.1 Å². The Morgan fingerprint density at radius 2 is 1.79 bits per heavy atom. The van der Waals surface area contributed by atoms with E-state index >= 15 is 0 Å². The van der Waals surface area contributed by atoms with Gasteiger partial charge < -0.3 is 5.73 Å². The molecule has 0 unspecified atom stereocenters. The van der Waals surface area contributed by atoms with Gasteiger partial charge in [-0.3, -0.25) is 0 Å². The average Bonchev–Trinajstić information content (AvgIpc) is 2.29. The second-order valence-corrected chi connectivity index (χ2v) is 5.27. The molecule has 1 rings (SSSR count). The van der Waals surface area contributed by atoms with Crippen molar-refractivity contribution >= 4 is 10.0 Å². The largest absolute Gasteiger partial charge is 0.402 e. The number of rotatable bonds is 4. The highest BCUT2D eigenvalue weighted by Gasteiger charge is 2.31. The molecule has 0 aromatic heterocycles. The lowest BCUT2D eigenvalue weighted by atomic mass is 10.2. The summed E-state index contributed by atoms with van der Waals surface area (Å²) in [5, 5.41) is 0. The third kappa shape index (κ3) is 4.11. The van der Waals surface area contributed by atoms with Gasteiger partial charge in [0.1, 0.15) is 11.4 Å². The highest BCUT2D eigenvalue weighted by atomic mass is 32.2. The summed E-state index contributed by atoms with van der Waals surface area (Å²) in [7, 11) is -4.82. The van der Waals surface area contributed by atoms with Crippen LogP contribution < -0.4 is 10.5 Å². The lowest BCUT2D eigenvalue weighted by Gasteiger charge is -2.11. The number of sulfonamides is 1. The number of hydrogen-bond donors (Lipinski definition) is 2. The monoisotopic (exact) mass is 304 g/mol. The maximum absolute atomic E-state index is 13.3. The molecule has 0 bridgehead atoms. The van der Waals surface area contributed by atoms with Crippen molar-refractivity contribution in [1.82, 2.24) is 4.72 Å². The lowest BCUT2D eigenvalue weighted by molar-refractivity contribution is -0.121. The van der Waals surface area contributed by atoms with Gasteiger partial charge in [-0.05, 0) is 17.7 Å². The molecule has 3 N–H and O–H groups in total. The van der Waals surface area contributed by atoms with Gasteiger partial charge >= 0.3 is 6.18 Å². The molecule has 0 fully saturated rings. The van der Waals surface area contributed by atoms with Gasteiger partial charge in [0.2, 0.25) is 10.0 Å². The summed E-state index contributed by atoms with van der Waals surface area (Å²) in [6, 6.07) is 1.34. The Hall–Kier alpha value is -1.26. The van der Waals surface area contributed by atoms with Crippen molar-refractivity contribution in [1.29, 1.82) is 0 Å². The van der Waals surface area contributed by atoms with Crippen molar-refractivity contribution in [2.45, 2.75) is 17.6 Å². The number of benzene rings is 1. The first-order valence-electron chi connectivity index (χ1n) is 4.81. The van der Waals surface area contributed by atoms with Crippen LogP contribution in [0.25, 0.3) is 0 Å². The topological polar surface area (TPSA) is 72.2 Å². The second-order valence-electron chi connectivity index (χ2n) is 3.53. The van der Waals surface area contributed by atoms with Crippen LogP contribution in [0.4, 0.5) is 22.0 Å². The van der Waals surface area contributed by atoms with E-state index in [0.717, 1.165) is 4.72 Å². The van der Waals surface area contributed by atoms with E-state index in [1.54, 1.807) is 0 Å². The smallest absolute Gasteiger partial charge is 0.326 e. The number of nitrogens with one attached hydrogen (secondary N) is 1. The predicted octanol–water partition coefficient (Wildman–Crippen LogP) is 1.26. The van der Waals surface area contributed by atoms with Crippen molar-refractivity contribution in [3.05, 3.63) is 29.3 Å². The van der Waals surface area contributed by atoms with Gasteiger partial charge in [-0.15, -0.1) is 0 Å². The lowest BCUT2D eigenvalue weighted by Crippen LogP contribution is -2.34. The molecule has 19 heavy (non-hydrogen) atoms. The van der Waals surface area contributed by atoms with Gasteiger partial charge in [0, 0.05) is 6.54 Å². The minimum Gasteiger partial charge on any atom is -0.326 e. The normalized spacial score (nSPS) is 12.7. The van der Waals surface area contributed by atoms with Crippen LogP contribution in [0.1, 0.15) is 5.56 Å². The van der Waals surface area contributed by atoms with E-state index in [1.807, 2.05) is 0 Å². The van der Waals surface area contributed by atoms with Crippen molar-refractivity contribution < 1.29 is 30.4 Å². The first-order chi connectivity index (χ1) is 8.57. The molecule has 0 aliphatic rings. The first-order valence-corrected chi connectivity index (χ1v) is 6.29. The van der Waals surface area contributed by atoms with Gasteiger partial charge in [-0.2, -0.15) is 13.2 Å². The highest BCUT2D eigenvalue weighted by molar-refractivity contribution is 7.89. The Balaban J connectivity index is 3.17. The zero-order valence-electron chi connectivity index (χ0n) is 9.26. The molecule has 108 valence electrons. The summed E-state index contributed by atoms with van der Waals surface area (Å²) in [4.78, 5) is -1.21. The Morgan fingerprint density at radius 3 is 2.26 bits per heavy atom. The molecule has 0 amide bonds. The average molecular weight is 304 g/mol. The Kier molecular flexibility index (Phi) is 4.48. The first kappa shape index (κ1) is 15.8. The van der Waals surface area contributed by atoms with Gasteiger partial charge in [-0.1, -0.05) is 0 Å². The maximum atomic E-state index is 13.3. The van der Waals surface area contributed by atoms with Crippen LogP contribution in [0.5, 0.6) is 0 Å². The number of hydrogen-bond acceptors (Lipinski definition) is 3. The molecule has 0 saturated heterocycles. The third-order valence-corrected chi connectivity index (χ3v) is 3.44. The Morgan fingerprint density at radius 1 is 1.21 bits per heavy atom. The number of alkyl halides is 3. The third-order valence-electron chi connectivity index (χ3n) is 2.04. The quantitative estimate of drug-likeness (QED) is 0.823. The molecular weight excluding hydrogens is 295 g/mol. The summed E-state index contributed by atoms with van der Waals surface area (Å²) in [5.74, 6) is -3.26. The highest BCUT2D eigenvalue weighted by Crippen LogP contribution is 2.21. The van der Waals surface area contributed by atoms with Gasteiger partial charge in [-0.25, -0.2) is 21.9 Å². The van der Waals surface area contributed by atoms with E-state index in [-0.39, 0.29) is 12.1 Å². The van der Waals surface area contributed by atoms with Crippen molar-refractivity contribution in [2.75, 3.05) is 6.54 Å². The van der Waals surface area contributed by atoms with E-state index in [2.05, 4.69) is 0 Å². The fraction of sp³-hybridized carbons (Fsp3) is 0.333. The maximum Gasteiger partial charge on any atom is 0.402 e. The summed E-state index contributed by atoms with van der Waals surface area (Å²) in [5.41, 5.74) is 5.08. The standard InChI is InChI=1S/C9H9F5N2O2S/c10-6-1-5(3-15)2-7(8(6)11)19(17,18)16-4-9(12,13)14/h1-2,16H,3-4,15H2. The zero-order valence-corrected chi connectivity index (χ0v) is 10.1. The van der Waals surface area contributed by atoms with E-state index in [1.165, 1.54) is 0 Å². The minimum absolute atomic E-state index is 0.0636. The van der Waals surface area contributed by atoms with Gasteiger partial charge in [0.25, 0.3) is 0 Å². The van der Waals surface area contributed by atoms with Gasteiger partial charge in [0.15, 0.2) is 11.6 Å². The van der Waals surface area contributed by atoms with Crippen LogP contribution in [0, 0.1) is 11.6 Å². The van der Waals surface area contributed by atoms with Crippen LogP contribution in [0.2, 0.25) is 0 Å². The van der Waals surface area contributed by atoms with Crippen molar-refractivity contribution in [2.24, 2.45) is 5.73 Å². The van der Waals surface area contributed by atoms with E-state index in [0.29, 0.717) is 12.1 Å².